The Bertz CT molecular complexity index is 1380. The van der Waals surface area contributed by atoms with Crippen molar-refractivity contribution in [2.45, 2.75) is 24.3 Å². The summed E-state index contributed by atoms with van der Waals surface area (Å²) in [5.74, 6) is 0.998. The van der Waals surface area contributed by atoms with Gasteiger partial charge in [0.15, 0.2) is 0 Å². The Morgan fingerprint density at radius 2 is 1.93 bits per heavy atom. The molecule has 0 aliphatic heterocycles. The number of aromatic nitrogens is 3. The summed E-state index contributed by atoms with van der Waals surface area (Å²) in [5.41, 5.74) is 4.16. The molecule has 3 heterocycles. The molecule has 5 aromatic rings. The molecule has 2 aromatic carbocycles. The molecule has 0 saturated heterocycles. The number of nitrogens with one attached hydrogen (secondary N) is 1. The van der Waals surface area contributed by atoms with Crippen LogP contribution in [0.15, 0.2) is 73.6 Å². The van der Waals surface area contributed by atoms with Crippen LogP contribution in [0.2, 0.25) is 0 Å². The van der Waals surface area contributed by atoms with Crippen LogP contribution < -0.4 is 5.63 Å². The quantitative estimate of drug-likeness (QED) is 0.321. The molecule has 0 saturated carbocycles. The zero-order chi connectivity index (χ0) is 19.8. The second-order valence-electron chi connectivity index (χ2n) is 6.68. The maximum absolute atomic E-state index is 12.0. The van der Waals surface area contributed by atoms with E-state index in [1.165, 1.54) is 17.8 Å². The van der Waals surface area contributed by atoms with E-state index in [4.69, 9.17) is 8.83 Å². The molecule has 7 heteroatoms. The van der Waals surface area contributed by atoms with Gasteiger partial charge in [0.1, 0.15) is 5.58 Å². The highest BCUT2D eigenvalue weighted by molar-refractivity contribution is 7.98. The van der Waals surface area contributed by atoms with Gasteiger partial charge >= 0.3 is 5.63 Å². The summed E-state index contributed by atoms with van der Waals surface area (Å²) in [7, 11) is 0. The molecule has 0 radical (unpaired) electrons. The van der Waals surface area contributed by atoms with Gasteiger partial charge < -0.3 is 13.8 Å². The Hall–Kier alpha value is -3.32. The van der Waals surface area contributed by atoms with E-state index in [0.717, 1.165) is 39.4 Å². The first kappa shape index (κ1) is 17.8. The van der Waals surface area contributed by atoms with Crippen molar-refractivity contribution in [2.75, 3.05) is 0 Å². The molecule has 0 unspecified atom stereocenters. The molecular weight excluding hydrogens is 386 g/mol. The number of benzene rings is 2. The number of rotatable bonds is 5. The Balaban J connectivity index is 1.42. The maximum Gasteiger partial charge on any atom is 0.336 e. The molecule has 0 spiro atoms. The third-order valence-electron chi connectivity index (χ3n) is 4.88. The number of hydrogen-bond donors (Lipinski definition) is 1. The second kappa shape index (κ2) is 7.25. The van der Waals surface area contributed by atoms with E-state index in [0.29, 0.717) is 22.4 Å². The van der Waals surface area contributed by atoms with Crippen LogP contribution in [0.3, 0.4) is 0 Å². The van der Waals surface area contributed by atoms with Crippen molar-refractivity contribution in [1.82, 2.24) is 15.2 Å². The smallest absolute Gasteiger partial charge is 0.336 e. The molecule has 29 heavy (non-hydrogen) atoms. The van der Waals surface area contributed by atoms with E-state index in [2.05, 4.69) is 28.2 Å². The van der Waals surface area contributed by atoms with Gasteiger partial charge in [-0.15, -0.1) is 10.2 Å². The summed E-state index contributed by atoms with van der Waals surface area (Å²) in [6.07, 6.45) is 2.76. The predicted octanol–water partition coefficient (Wildman–Crippen LogP) is 5.18. The fourth-order valence-corrected chi connectivity index (χ4v) is 4.13. The first-order valence-corrected chi connectivity index (χ1v) is 10.3. The van der Waals surface area contributed by atoms with Crippen LogP contribution in [-0.2, 0) is 12.2 Å². The average Bonchev–Trinajstić information content (AvgIpc) is 3.38. The minimum Gasteiger partial charge on any atom is -0.423 e. The monoisotopic (exact) mass is 403 g/mol. The lowest BCUT2D eigenvalue weighted by Gasteiger charge is -2.05. The van der Waals surface area contributed by atoms with Crippen molar-refractivity contribution in [3.63, 3.8) is 0 Å². The van der Waals surface area contributed by atoms with Crippen LogP contribution >= 0.6 is 11.8 Å². The lowest BCUT2D eigenvalue weighted by atomic mass is 10.1. The lowest BCUT2D eigenvalue weighted by Crippen LogP contribution is -2.00. The van der Waals surface area contributed by atoms with Crippen molar-refractivity contribution in [3.8, 4) is 11.5 Å². The maximum atomic E-state index is 12.0. The summed E-state index contributed by atoms with van der Waals surface area (Å²) >= 11 is 1.40. The van der Waals surface area contributed by atoms with Crippen LogP contribution in [0.1, 0.15) is 18.1 Å². The molecule has 3 aromatic heterocycles. The van der Waals surface area contributed by atoms with Crippen molar-refractivity contribution in [1.29, 1.82) is 0 Å². The highest BCUT2D eigenvalue weighted by Gasteiger charge is 2.14. The van der Waals surface area contributed by atoms with Gasteiger partial charge in [-0.05, 0) is 29.7 Å². The molecule has 5 rings (SSSR count). The molecule has 0 atom stereocenters. The Morgan fingerprint density at radius 1 is 1.03 bits per heavy atom. The van der Waals surface area contributed by atoms with E-state index in [9.17, 15) is 4.79 Å². The van der Waals surface area contributed by atoms with Gasteiger partial charge in [0.2, 0.25) is 0 Å². The average molecular weight is 403 g/mol. The Labute approximate surface area is 170 Å². The van der Waals surface area contributed by atoms with Gasteiger partial charge in [0, 0.05) is 34.3 Å². The van der Waals surface area contributed by atoms with Crippen molar-refractivity contribution >= 4 is 33.6 Å². The van der Waals surface area contributed by atoms with E-state index >= 15 is 0 Å². The number of aryl methyl sites for hydroxylation is 1. The number of aromatic amines is 1. The molecule has 0 aliphatic carbocycles. The van der Waals surface area contributed by atoms with Crippen LogP contribution in [0.4, 0.5) is 0 Å². The molecule has 6 nitrogen and oxygen atoms in total. The summed E-state index contributed by atoms with van der Waals surface area (Å²) in [4.78, 5) is 15.2. The Kier molecular flexibility index (Phi) is 4.44. The summed E-state index contributed by atoms with van der Waals surface area (Å²) in [6.45, 7) is 2.07. The molecule has 0 fully saturated rings. The van der Waals surface area contributed by atoms with E-state index in [-0.39, 0.29) is 5.63 Å². The highest BCUT2D eigenvalue weighted by atomic mass is 32.2. The van der Waals surface area contributed by atoms with Crippen molar-refractivity contribution in [3.05, 3.63) is 76.3 Å². The number of hydrogen-bond acceptors (Lipinski definition) is 6. The zero-order valence-electron chi connectivity index (χ0n) is 15.6. The van der Waals surface area contributed by atoms with Crippen LogP contribution in [0, 0.1) is 0 Å². The third-order valence-corrected chi connectivity index (χ3v) is 5.75. The third kappa shape index (κ3) is 3.34. The molecule has 1 N–H and O–H groups in total. The van der Waals surface area contributed by atoms with Crippen molar-refractivity contribution in [2.24, 2.45) is 0 Å². The van der Waals surface area contributed by atoms with Gasteiger partial charge in [0.25, 0.3) is 11.1 Å². The summed E-state index contributed by atoms with van der Waals surface area (Å²) in [5, 5.41) is 10.8. The van der Waals surface area contributed by atoms with E-state index in [1.54, 1.807) is 0 Å². The minimum atomic E-state index is -0.355. The van der Waals surface area contributed by atoms with Gasteiger partial charge in [-0.1, -0.05) is 49.0 Å². The normalized spacial score (nSPS) is 11.5. The second-order valence-corrected chi connectivity index (χ2v) is 7.61. The molecule has 0 aliphatic rings. The first-order chi connectivity index (χ1) is 14.2. The van der Waals surface area contributed by atoms with Crippen LogP contribution in [-0.4, -0.2) is 15.2 Å². The number of nitrogens with zero attached hydrogens (tertiary/aromatic N) is 2. The fraction of sp³-hybridized carbons (Fsp3) is 0.136. The molecule has 0 bridgehead atoms. The minimum absolute atomic E-state index is 0.355. The van der Waals surface area contributed by atoms with Crippen LogP contribution in [0.25, 0.3) is 33.3 Å². The Morgan fingerprint density at radius 3 is 2.83 bits per heavy atom. The van der Waals surface area contributed by atoms with Crippen LogP contribution in [0.5, 0.6) is 0 Å². The van der Waals surface area contributed by atoms with Crippen molar-refractivity contribution < 1.29 is 8.83 Å². The zero-order valence-corrected chi connectivity index (χ0v) is 16.5. The topological polar surface area (TPSA) is 84.9 Å². The van der Waals surface area contributed by atoms with Gasteiger partial charge in [-0.3, -0.25) is 0 Å². The SMILES string of the molecule is CCc1ccc2c(CSc3nnc(-c4c[nH]c5ccccc45)o3)cc(=O)oc2c1. The predicted molar refractivity (Wildman–Crippen MR) is 113 cm³/mol. The summed E-state index contributed by atoms with van der Waals surface area (Å²) < 4.78 is 11.2. The fourth-order valence-electron chi connectivity index (χ4n) is 3.38. The highest BCUT2D eigenvalue weighted by Crippen LogP contribution is 2.31. The number of H-pyrrole nitrogens is 1. The summed E-state index contributed by atoms with van der Waals surface area (Å²) in [6, 6.07) is 15.5. The van der Waals surface area contributed by atoms with Gasteiger partial charge in [-0.25, -0.2) is 4.79 Å². The standard InChI is InChI=1S/C22H17N3O3S/c1-2-13-7-8-15-14(10-20(26)27-19(15)9-13)12-29-22-25-24-21(28-22)17-11-23-18-6-4-3-5-16(17)18/h3-11,23H,2,12H2,1H3. The van der Waals surface area contributed by atoms with Gasteiger partial charge in [0.05, 0.1) is 5.56 Å². The molecule has 0 amide bonds. The van der Waals surface area contributed by atoms with E-state index < -0.39 is 0 Å². The molecule has 144 valence electrons. The first-order valence-electron chi connectivity index (χ1n) is 9.29. The molecular formula is C22H17N3O3S. The van der Waals surface area contributed by atoms with E-state index in [1.807, 2.05) is 42.6 Å². The van der Waals surface area contributed by atoms with Gasteiger partial charge in [-0.2, -0.15) is 0 Å². The number of para-hydroxylation sites is 1. The number of fused-ring (bicyclic) bond motifs is 2. The lowest BCUT2D eigenvalue weighted by molar-refractivity contribution is 0.466. The largest absolute Gasteiger partial charge is 0.423 e. The number of thioether (sulfide) groups is 1.